The second-order valence-electron chi connectivity index (χ2n) is 4.13. The van der Waals surface area contributed by atoms with Gasteiger partial charge in [-0.25, -0.2) is 13.6 Å². The summed E-state index contributed by atoms with van der Waals surface area (Å²) in [5.41, 5.74) is 6.18. The third-order valence-corrected chi connectivity index (χ3v) is 2.64. The van der Waals surface area contributed by atoms with Gasteiger partial charge in [0.2, 0.25) is 0 Å². The number of nitrogens with two attached hydrogens (primary N) is 1. The smallest absolute Gasteiger partial charge is 0.343 e. The van der Waals surface area contributed by atoms with Crippen LogP contribution in [0.3, 0.4) is 0 Å². The summed E-state index contributed by atoms with van der Waals surface area (Å²) < 4.78 is 36.4. The number of benzene rings is 1. The number of halogens is 2. The van der Waals surface area contributed by atoms with Gasteiger partial charge in [-0.1, -0.05) is 6.92 Å². The summed E-state index contributed by atoms with van der Waals surface area (Å²) in [6, 6.07) is 2.16. The third-order valence-electron chi connectivity index (χ3n) is 2.64. The summed E-state index contributed by atoms with van der Waals surface area (Å²) in [5.74, 6) is -3.01. The number of hydrogen-bond acceptors (Lipinski definition) is 4. The van der Waals surface area contributed by atoms with Crippen LogP contribution in [0.4, 0.5) is 8.78 Å². The SMILES string of the molecule is CCC(N)Cc1cc(F)c(OCC(=O)OC)c(F)c1. The molecule has 0 bridgehead atoms. The van der Waals surface area contributed by atoms with E-state index < -0.39 is 30.0 Å². The first-order valence-electron chi connectivity index (χ1n) is 5.91. The summed E-state index contributed by atoms with van der Waals surface area (Å²) in [5, 5.41) is 0. The van der Waals surface area contributed by atoms with E-state index in [0.717, 1.165) is 19.2 Å². The Morgan fingerprint density at radius 3 is 2.42 bits per heavy atom. The summed E-state index contributed by atoms with van der Waals surface area (Å²) in [4.78, 5) is 10.9. The van der Waals surface area contributed by atoms with Gasteiger partial charge in [0.1, 0.15) is 0 Å². The Hall–Kier alpha value is -1.69. The molecule has 6 heteroatoms. The number of rotatable bonds is 6. The average molecular weight is 273 g/mol. The molecule has 0 aromatic heterocycles. The Morgan fingerprint density at radius 2 is 1.95 bits per heavy atom. The molecule has 4 nitrogen and oxygen atoms in total. The van der Waals surface area contributed by atoms with Crippen molar-refractivity contribution < 1.29 is 23.0 Å². The summed E-state index contributed by atoms with van der Waals surface area (Å²) in [6.45, 7) is 1.35. The Kier molecular flexibility index (Phi) is 5.69. The molecule has 0 amide bonds. The fourth-order valence-corrected chi connectivity index (χ4v) is 1.51. The maximum atomic E-state index is 13.7. The van der Waals surface area contributed by atoms with E-state index in [1.807, 2.05) is 6.92 Å². The number of ether oxygens (including phenoxy) is 2. The lowest BCUT2D eigenvalue weighted by atomic mass is 10.0. The van der Waals surface area contributed by atoms with Crippen molar-refractivity contribution in [1.29, 1.82) is 0 Å². The summed E-state index contributed by atoms with van der Waals surface area (Å²) in [6.07, 6.45) is 1.09. The molecule has 19 heavy (non-hydrogen) atoms. The molecule has 0 saturated heterocycles. The van der Waals surface area contributed by atoms with Gasteiger partial charge in [0, 0.05) is 6.04 Å². The Bertz CT molecular complexity index is 429. The van der Waals surface area contributed by atoms with E-state index in [9.17, 15) is 13.6 Å². The van der Waals surface area contributed by atoms with Gasteiger partial charge in [0.25, 0.3) is 0 Å². The minimum absolute atomic E-state index is 0.152. The van der Waals surface area contributed by atoms with E-state index in [-0.39, 0.29) is 6.04 Å². The van der Waals surface area contributed by atoms with Crippen LogP contribution in [0.5, 0.6) is 5.75 Å². The first kappa shape index (κ1) is 15.4. The van der Waals surface area contributed by atoms with E-state index in [1.54, 1.807) is 0 Å². The monoisotopic (exact) mass is 273 g/mol. The van der Waals surface area contributed by atoms with Crippen LogP contribution < -0.4 is 10.5 Å². The molecule has 0 aliphatic heterocycles. The lowest BCUT2D eigenvalue weighted by molar-refractivity contribution is -0.143. The fraction of sp³-hybridized carbons (Fsp3) is 0.462. The molecule has 0 aliphatic carbocycles. The van der Waals surface area contributed by atoms with Gasteiger partial charge in [-0.3, -0.25) is 0 Å². The highest BCUT2D eigenvalue weighted by Gasteiger charge is 2.15. The van der Waals surface area contributed by atoms with Crippen LogP contribution in [0.1, 0.15) is 18.9 Å². The van der Waals surface area contributed by atoms with Crippen molar-refractivity contribution in [3.8, 4) is 5.75 Å². The Morgan fingerprint density at radius 1 is 1.37 bits per heavy atom. The third kappa shape index (κ3) is 4.48. The summed E-state index contributed by atoms with van der Waals surface area (Å²) in [7, 11) is 1.16. The van der Waals surface area contributed by atoms with Crippen molar-refractivity contribution in [3.63, 3.8) is 0 Å². The molecule has 1 atom stereocenters. The van der Waals surface area contributed by atoms with Crippen molar-refractivity contribution in [1.82, 2.24) is 0 Å². The molecule has 1 aromatic carbocycles. The molecule has 0 saturated carbocycles. The van der Waals surface area contributed by atoms with Gasteiger partial charge < -0.3 is 15.2 Å². The molecule has 0 heterocycles. The quantitative estimate of drug-likeness (QED) is 0.803. The molecule has 106 valence electrons. The second-order valence-corrected chi connectivity index (χ2v) is 4.13. The predicted octanol–water partition coefficient (Wildman–Crippen LogP) is 1.80. The van der Waals surface area contributed by atoms with E-state index >= 15 is 0 Å². The predicted molar refractivity (Wildman–Crippen MR) is 65.8 cm³/mol. The molecule has 0 aliphatic rings. The number of hydrogen-bond donors (Lipinski definition) is 1. The highest BCUT2D eigenvalue weighted by Crippen LogP contribution is 2.24. The van der Waals surface area contributed by atoms with Crippen LogP contribution in [0.2, 0.25) is 0 Å². The van der Waals surface area contributed by atoms with Gasteiger partial charge in [0.05, 0.1) is 7.11 Å². The van der Waals surface area contributed by atoms with Gasteiger partial charge in [-0.15, -0.1) is 0 Å². The van der Waals surface area contributed by atoms with Gasteiger partial charge in [-0.05, 0) is 30.5 Å². The average Bonchev–Trinajstić information content (AvgIpc) is 2.37. The standard InChI is InChI=1S/C13H17F2NO3/c1-3-9(16)4-8-5-10(14)13(11(15)6-8)19-7-12(17)18-2/h5-6,9H,3-4,7,16H2,1-2H3. The van der Waals surface area contributed by atoms with Gasteiger partial charge >= 0.3 is 5.97 Å². The van der Waals surface area contributed by atoms with E-state index in [1.165, 1.54) is 0 Å². The molecule has 0 fully saturated rings. The molecule has 0 radical (unpaired) electrons. The van der Waals surface area contributed by atoms with Crippen molar-refractivity contribution in [2.45, 2.75) is 25.8 Å². The lowest BCUT2D eigenvalue weighted by Crippen LogP contribution is -2.21. The van der Waals surface area contributed by atoms with Crippen molar-refractivity contribution in [2.75, 3.05) is 13.7 Å². The van der Waals surface area contributed by atoms with Crippen LogP contribution in [-0.2, 0) is 16.0 Å². The van der Waals surface area contributed by atoms with Crippen molar-refractivity contribution >= 4 is 5.97 Å². The highest BCUT2D eigenvalue weighted by atomic mass is 19.1. The van der Waals surface area contributed by atoms with E-state index in [4.69, 9.17) is 10.5 Å². The van der Waals surface area contributed by atoms with Crippen LogP contribution >= 0.6 is 0 Å². The topological polar surface area (TPSA) is 61.5 Å². The zero-order valence-electron chi connectivity index (χ0n) is 10.9. The molecule has 1 aromatic rings. The number of esters is 1. The summed E-state index contributed by atoms with van der Waals surface area (Å²) >= 11 is 0. The van der Waals surface area contributed by atoms with Crippen LogP contribution in [0.15, 0.2) is 12.1 Å². The zero-order valence-corrected chi connectivity index (χ0v) is 10.9. The zero-order chi connectivity index (χ0) is 14.4. The number of methoxy groups -OCH3 is 1. The minimum atomic E-state index is -0.859. The lowest BCUT2D eigenvalue weighted by Gasteiger charge is -2.12. The highest BCUT2D eigenvalue weighted by molar-refractivity contribution is 5.70. The number of carbonyl (C=O) groups excluding carboxylic acids is 1. The normalized spacial score (nSPS) is 12.1. The first-order valence-corrected chi connectivity index (χ1v) is 5.91. The van der Waals surface area contributed by atoms with Crippen LogP contribution in [0, 0.1) is 11.6 Å². The Balaban J connectivity index is 2.82. The molecular formula is C13H17F2NO3. The molecule has 0 spiro atoms. The minimum Gasteiger partial charge on any atom is -0.476 e. The maximum Gasteiger partial charge on any atom is 0.343 e. The first-order chi connectivity index (χ1) is 8.97. The van der Waals surface area contributed by atoms with Gasteiger partial charge in [0.15, 0.2) is 24.0 Å². The second kappa shape index (κ2) is 7.04. The number of carbonyl (C=O) groups is 1. The van der Waals surface area contributed by atoms with Crippen molar-refractivity contribution in [3.05, 3.63) is 29.3 Å². The van der Waals surface area contributed by atoms with Crippen molar-refractivity contribution in [2.24, 2.45) is 5.73 Å². The molecule has 1 rings (SSSR count). The van der Waals surface area contributed by atoms with E-state index in [0.29, 0.717) is 18.4 Å². The largest absolute Gasteiger partial charge is 0.476 e. The molecule has 2 N–H and O–H groups in total. The fourth-order valence-electron chi connectivity index (χ4n) is 1.51. The Labute approximate surface area is 110 Å². The molecular weight excluding hydrogens is 256 g/mol. The van der Waals surface area contributed by atoms with Crippen LogP contribution in [-0.4, -0.2) is 25.7 Å². The van der Waals surface area contributed by atoms with E-state index in [2.05, 4.69) is 4.74 Å². The van der Waals surface area contributed by atoms with Crippen LogP contribution in [0.25, 0.3) is 0 Å². The van der Waals surface area contributed by atoms with Gasteiger partial charge in [-0.2, -0.15) is 0 Å². The molecule has 1 unspecified atom stereocenters. The maximum absolute atomic E-state index is 13.7.